The zero-order chi connectivity index (χ0) is 7.14. The molecular weight excluding hydrogens is 136 g/mol. The Labute approximate surface area is 57.7 Å². The maximum Gasteiger partial charge on any atom is 0.312 e. The van der Waals surface area contributed by atoms with E-state index in [1.54, 1.807) is 0 Å². The van der Waals surface area contributed by atoms with Crippen LogP contribution in [-0.4, -0.2) is 36.5 Å². The Kier molecular flexibility index (Phi) is 1.18. The van der Waals surface area contributed by atoms with Gasteiger partial charge in [0.25, 0.3) is 0 Å². The molecule has 4 nitrogen and oxygen atoms in total. The van der Waals surface area contributed by atoms with Crippen molar-refractivity contribution in [2.45, 2.75) is 12.2 Å². The number of fused-ring (bicyclic) bond motifs is 1. The smallest absolute Gasteiger partial charge is 0.312 e. The van der Waals surface area contributed by atoms with Gasteiger partial charge >= 0.3 is 5.97 Å². The van der Waals surface area contributed by atoms with E-state index in [0.29, 0.717) is 13.2 Å². The van der Waals surface area contributed by atoms with E-state index in [-0.39, 0.29) is 12.2 Å². The van der Waals surface area contributed by atoms with Crippen LogP contribution in [-0.2, 0) is 14.3 Å². The summed E-state index contributed by atoms with van der Waals surface area (Å²) in [5.74, 6) is -1.21. The van der Waals surface area contributed by atoms with Gasteiger partial charge in [0.1, 0.15) is 18.1 Å². The first-order valence-corrected chi connectivity index (χ1v) is 3.27. The number of carboxylic acid groups (broad SMARTS) is 1. The predicted molar refractivity (Wildman–Crippen MR) is 30.6 cm³/mol. The van der Waals surface area contributed by atoms with E-state index in [1.165, 1.54) is 0 Å². The van der Waals surface area contributed by atoms with E-state index >= 15 is 0 Å². The molecule has 1 saturated heterocycles. The lowest BCUT2D eigenvalue weighted by Crippen LogP contribution is -2.16. The van der Waals surface area contributed by atoms with Crippen LogP contribution in [0.4, 0.5) is 0 Å². The zero-order valence-electron chi connectivity index (χ0n) is 5.32. The lowest BCUT2D eigenvalue weighted by molar-refractivity contribution is -0.139. The van der Waals surface area contributed by atoms with Crippen LogP contribution in [0.15, 0.2) is 0 Å². The van der Waals surface area contributed by atoms with Crippen molar-refractivity contribution in [1.29, 1.82) is 0 Å². The molecule has 0 aromatic heterocycles. The number of rotatable bonds is 1. The normalized spacial score (nSPS) is 44.2. The molecule has 56 valence electrons. The number of ether oxygens (including phenoxy) is 2. The molecule has 0 spiro atoms. The Hall–Kier alpha value is -0.610. The summed E-state index contributed by atoms with van der Waals surface area (Å²) in [6, 6.07) is 0. The molecule has 1 saturated carbocycles. The van der Waals surface area contributed by atoms with Crippen molar-refractivity contribution in [3.63, 3.8) is 0 Å². The molecule has 0 radical (unpaired) electrons. The van der Waals surface area contributed by atoms with Gasteiger partial charge in [0.05, 0.1) is 13.2 Å². The first kappa shape index (κ1) is 6.12. The molecule has 1 aliphatic heterocycles. The Morgan fingerprint density at radius 2 is 1.80 bits per heavy atom. The first-order valence-electron chi connectivity index (χ1n) is 3.27. The SMILES string of the molecule is O=C(O)C1[C@H]2OCCO[C@@H]12. The van der Waals surface area contributed by atoms with Crippen molar-refractivity contribution in [2.24, 2.45) is 5.92 Å². The largest absolute Gasteiger partial charge is 0.481 e. The monoisotopic (exact) mass is 144 g/mol. The van der Waals surface area contributed by atoms with Crippen LogP contribution in [0.2, 0.25) is 0 Å². The number of aliphatic carboxylic acids is 1. The minimum Gasteiger partial charge on any atom is -0.481 e. The van der Waals surface area contributed by atoms with E-state index < -0.39 is 11.9 Å². The first-order chi connectivity index (χ1) is 4.80. The second-order valence-electron chi connectivity index (χ2n) is 2.53. The topological polar surface area (TPSA) is 55.8 Å². The fourth-order valence-corrected chi connectivity index (χ4v) is 1.30. The Morgan fingerprint density at radius 1 is 1.30 bits per heavy atom. The van der Waals surface area contributed by atoms with Crippen molar-refractivity contribution in [2.75, 3.05) is 13.2 Å². The summed E-state index contributed by atoms with van der Waals surface area (Å²) in [5.41, 5.74) is 0. The van der Waals surface area contributed by atoms with Crippen LogP contribution in [0.5, 0.6) is 0 Å². The molecule has 3 atom stereocenters. The Bertz CT molecular complexity index is 155. The van der Waals surface area contributed by atoms with Crippen molar-refractivity contribution >= 4 is 5.97 Å². The highest BCUT2D eigenvalue weighted by atomic mass is 16.6. The summed E-state index contributed by atoms with van der Waals surface area (Å²) in [6.45, 7) is 1.07. The van der Waals surface area contributed by atoms with Crippen molar-refractivity contribution < 1.29 is 19.4 Å². The third kappa shape index (κ3) is 0.726. The minimum atomic E-state index is -0.808. The molecule has 1 N–H and O–H groups in total. The number of hydrogen-bond acceptors (Lipinski definition) is 3. The maximum absolute atomic E-state index is 10.4. The summed E-state index contributed by atoms with van der Waals surface area (Å²) in [4.78, 5) is 10.4. The van der Waals surface area contributed by atoms with Crippen LogP contribution < -0.4 is 0 Å². The highest BCUT2D eigenvalue weighted by Crippen LogP contribution is 2.39. The molecule has 0 amide bonds. The molecular formula is C6H8O4. The molecule has 1 aliphatic carbocycles. The van der Waals surface area contributed by atoms with Gasteiger partial charge in [-0.25, -0.2) is 0 Å². The third-order valence-corrected chi connectivity index (χ3v) is 1.88. The molecule has 1 unspecified atom stereocenters. The standard InChI is InChI=1S/C6H8O4/c7-6(8)3-4-5(3)10-2-1-9-4/h3-5H,1-2H2,(H,7,8)/t3?,4-,5+. The van der Waals surface area contributed by atoms with E-state index in [1.807, 2.05) is 0 Å². The van der Waals surface area contributed by atoms with Crippen LogP contribution in [0, 0.1) is 5.92 Å². The predicted octanol–water partition coefficient (Wildman–Crippen LogP) is -0.515. The highest BCUT2D eigenvalue weighted by Gasteiger charge is 2.59. The van der Waals surface area contributed by atoms with Gasteiger partial charge in [0, 0.05) is 0 Å². The van der Waals surface area contributed by atoms with E-state index in [4.69, 9.17) is 14.6 Å². The van der Waals surface area contributed by atoms with Gasteiger partial charge in [-0.2, -0.15) is 0 Å². The quantitative estimate of drug-likeness (QED) is 0.538. The molecule has 2 aliphatic rings. The molecule has 0 bridgehead atoms. The second-order valence-corrected chi connectivity index (χ2v) is 2.53. The fraction of sp³-hybridized carbons (Fsp3) is 0.833. The number of carbonyl (C=O) groups is 1. The lowest BCUT2D eigenvalue weighted by Gasteiger charge is -2.08. The summed E-state index contributed by atoms with van der Waals surface area (Å²) >= 11 is 0. The lowest BCUT2D eigenvalue weighted by atomic mass is 10.4. The zero-order valence-corrected chi connectivity index (χ0v) is 5.32. The van der Waals surface area contributed by atoms with Crippen LogP contribution >= 0.6 is 0 Å². The highest BCUT2D eigenvalue weighted by molar-refractivity contribution is 5.75. The molecule has 0 aromatic carbocycles. The van der Waals surface area contributed by atoms with Crippen molar-refractivity contribution in [3.05, 3.63) is 0 Å². The molecule has 2 rings (SSSR count). The van der Waals surface area contributed by atoms with Gasteiger partial charge in [-0.15, -0.1) is 0 Å². The van der Waals surface area contributed by atoms with E-state index in [0.717, 1.165) is 0 Å². The molecule has 4 heteroatoms. The van der Waals surface area contributed by atoms with Crippen molar-refractivity contribution in [3.8, 4) is 0 Å². The number of carboxylic acids is 1. The Balaban J connectivity index is 1.99. The third-order valence-electron chi connectivity index (χ3n) is 1.88. The maximum atomic E-state index is 10.4. The van der Waals surface area contributed by atoms with Gasteiger partial charge in [-0.3, -0.25) is 4.79 Å². The summed E-state index contributed by atoms with van der Waals surface area (Å²) in [7, 11) is 0. The average molecular weight is 144 g/mol. The summed E-state index contributed by atoms with van der Waals surface area (Å²) in [6.07, 6.45) is -0.322. The molecule has 10 heavy (non-hydrogen) atoms. The van der Waals surface area contributed by atoms with Gasteiger partial charge in [0.15, 0.2) is 0 Å². The van der Waals surface area contributed by atoms with Gasteiger partial charge in [0.2, 0.25) is 0 Å². The second kappa shape index (κ2) is 1.93. The van der Waals surface area contributed by atoms with Crippen LogP contribution in [0.3, 0.4) is 0 Å². The van der Waals surface area contributed by atoms with E-state index in [2.05, 4.69) is 0 Å². The Morgan fingerprint density at radius 3 is 2.20 bits per heavy atom. The fourth-order valence-electron chi connectivity index (χ4n) is 1.30. The van der Waals surface area contributed by atoms with Gasteiger partial charge < -0.3 is 14.6 Å². The summed E-state index contributed by atoms with van der Waals surface area (Å²) < 4.78 is 10.2. The van der Waals surface area contributed by atoms with Crippen LogP contribution in [0.1, 0.15) is 0 Å². The average Bonchev–Trinajstić information content (AvgIpc) is 2.60. The minimum absolute atomic E-state index is 0.161. The molecule has 1 heterocycles. The summed E-state index contributed by atoms with van der Waals surface area (Å²) in [5, 5.41) is 8.52. The van der Waals surface area contributed by atoms with Crippen LogP contribution in [0.25, 0.3) is 0 Å². The van der Waals surface area contributed by atoms with Gasteiger partial charge in [-0.05, 0) is 0 Å². The molecule has 0 aromatic rings. The van der Waals surface area contributed by atoms with E-state index in [9.17, 15) is 4.79 Å². The molecule has 2 fully saturated rings. The van der Waals surface area contributed by atoms with Gasteiger partial charge in [-0.1, -0.05) is 0 Å². The number of hydrogen-bond donors (Lipinski definition) is 1. The van der Waals surface area contributed by atoms with Crippen molar-refractivity contribution in [1.82, 2.24) is 0 Å².